The van der Waals surface area contributed by atoms with E-state index in [1.807, 2.05) is 0 Å². The van der Waals surface area contributed by atoms with Gasteiger partial charge in [0.15, 0.2) is 11.5 Å². The van der Waals surface area contributed by atoms with Crippen LogP contribution in [0.15, 0.2) is 52.5 Å². The molecular formula is C23H24BrNO7. The SMILES string of the molecule is CCOc1cc(C2/C(=C(\O)c3ccc(Br)cc3)C(=O)C(=O)N2CCOCCO)ccc1O. The number of aliphatic hydroxyl groups is 2. The van der Waals surface area contributed by atoms with Crippen LogP contribution in [0.2, 0.25) is 0 Å². The standard InChI is InChI=1S/C23H24BrNO7/c1-2-32-18-13-15(5-8-17(18)27)20-19(21(28)14-3-6-16(24)7-4-14)22(29)23(30)25(20)9-11-31-12-10-26/h3-8,13,20,26-28H,2,9-12H2,1H3/b21-19+. The Hall–Kier alpha value is -2.88. The number of nitrogens with zero attached hydrogens (tertiary/aromatic N) is 1. The molecule has 1 atom stereocenters. The molecule has 3 N–H and O–H groups in total. The number of benzene rings is 2. The van der Waals surface area contributed by atoms with E-state index in [4.69, 9.17) is 14.6 Å². The number of amides is 1. The maximum Gasteiger partial charge on any atom is 0.295 e. The topological polar surface area (TPSA) is 117 Å². The van der Waals surface area contributed by atoms with Gasteiger partial charge in [-0.2, -0.15) is 0 Å². The largest absolute Gasteiger partial charge is 0.507 e. The van der Waals surface area contributed by atoms with E-state index in [1.54, 1.807) is 43.3 Å². The van der Waals surface area contributed by atoms with Gasteiger partial charge in [-0.05, 0) is 36.8 Å². The van der Waals surface area contributed by atoms with Crippen LogP contribution in [-0.2, 0) is 14.3 Å². The first-order chi connectivity index (χ1) is 15.4. The summed E-state index contributed by atoms with van der Waals surface area (Å²) in [6.07, 6.45) is 0. The van der Waals surface area contributed by atoms with Gasteiger partial charge in [0.25, 0.3) is 11.7 Å². The summed E-state index contributed by atoms with van der Waals surface area (Å²) in [7, 11) is 0. The van der Waals surface area contributed by atoms with Crippen LogP contribution in [0.4, 0.5) is 0 Å². The maximum absolute atomic E-state index is 13.0. The molecule has 0 spiro atoms. The third-order valence-corrected chi connectivity index (χ3v) is 5.50. The Morgan fingerprint density at radius 1 is 1.12 bits per heavy atom. The quantitative estimate of drug-likeness (QED) is 0.207. The molecule has 0 aromatic heterocycles. The second kappa shape index (κ2) is 10.6. The van der Waals surface area contributed by atoms with Crippen molar-refractivity contribution in [3.8, 4) is 11.5 Å². The Kier molecular flexibility index (Phi) is 7.89. The van der Waals surface area contributed by atoms with E-state index < -0.39 is 17.7 Å². The number of Topliss-reactive ketones (excluding diaryl/α,β-unsaturated/α-hetero) is 1. The molecule has 1 heterocycles. The molecule has 2 aromatic carbocycles. The summed E-state index contributed by atoms with van der Waals surface area (Å²) in [4.78, 5) is 27.1. The summed E-state index contributed by atoms with van der Waals surface area (Å²) in [5, 5.41) is 30.0. The fraction of sp³-hybridized carbons (Fsp3) is 0.304. The highest BCUT2D eigenvalue weighted by Gasteiger charge is 2.46. The number of hydrogen-bond donors (Lipinski definition) is 3. The highest BCUT2D eigenvalue weighted by Crippen LogP contribution is 2.41. The lowest BCUT2D eigenvalue weighted by Crippen LogP contribution is -2.33. The monoisotopic (exact) mass is 505 g/mol. The Morgan fingerprint density at radius 3 is 2.50 bits per heavy atom. The molecular weight excluding hydrogens is 482 g/mol. The van der Waals surface area contributed by atoms with Crippen LogP contribution in [0.5, 0.6) is 11.5 Å². The molecule has 32 heavy (non-hydrogen) atoms. The van der Waals surface area contributed by atoms with Crippen molar-refractivity contribution in [2.45, 2.75) is 13.0 Å². The molecule has 170 valence electrons. The third-order valence-electron chi connectivity index (χ3n) is 4.97. The smallest absolute Gasteiger partial charge is 0.295 e. The molecule has 1 unspecified atom stereocenters. The summed E-state index contributed by atoms with van der Waals surface area (Å²) in [5.74, 6) is -1.76. The van der Waals surface area contributed by atoms with Crippen molar-refractivity contribution in [2.24, 2.45) is 0 Å². The molecule has 0 aliphatic carbocycles. The van der Waals surface area contributed by atoms with Crippen LogP contribution in [0.3, 0.4) is 0 Å². The van der Waals surface area contributed by atoms with E-state index in [9.17, 15) is 19.8 Å². The molecule has 8 nitrogen and oxygen atoms in total. The van der Waals surface area contributed by atoms with Gasteiger partial charge < -0.3 is 29.7 Å². The number of carbonyl (C=O) groups excluding carboxylic acids is 2. The summed E-state index contributed by atoms with van der Waals surface area (Å²) in [5.41, 5.74) is 0.815. The van der Waals surface area contributed by atoms with Gasteiger partial charge >= 0.3 is 0 Å². The number of carbonyl (C=O) groups is 2. The van der Waals surface area contributed by atoms with Crippen LogP contribution in [0.25, 0.3) is 5.76 Å². The van der Waals surface area contributed by atoms with E-state index in [0.717, 1.165) is 4.47 Å². The molecule has 2 aromatic rings. The average Bonchev–Trinajstić information content (AvgIpc) is 3.03. The summed E-state index contributed by atoms with van der Waals surface area (Å²) >= 11 is 3.33. The molecule has 1 fully saturated rings. The van der Waals surface area contributed by atoms with Gasteiger partial charge in [-0.15, -0.1) is 0 Å². The Bertz CT molecular complexity index is 1020. The van der Waals surface area contributed by atoms with Crippen molar-refractivity contribution in [1.82, 2.24) is 4.90 Å². The van der Waals surface area contributed by atoms with E-state index in [-0.39, 0.29) is 49.2 Å². The van der Waals surface area contributed by atoms with Gasteiger partial charge in [-0.3, -0.25) is 9.59 Å². The fourth-order valence-corrected chi connectivity index (χ4v) is 3.79. The first-order valence-electron chi connectivity index (χ1n) is 10.1. The normalized spacial score (nSPS) is 17.7. The van der Waals surface area contributed by atoms with Crippen molar-refractivity contribution < 1.29 is 34.4 Å². The first-order valence-corrected chi connectivity index (χ1v) is 10.9. The van der Waals surface area contributed by atoms with Gasteiger partial charge in [0.2, 0.25) is 0 Å². The van der Waals surface area contributed by atoms with E-state index in [0.29, 0.717) is 17.7 Å². The number of halogens is 1. The van der Waals surface area contributed by atoms with E-state index in [2.05, 4.69) is 15.9 Å². The van der Waals surface area contributed by atoms with Crippen molar-refractivity contribution in [1.29, 1.82) is 0 Å². The highest BCUT2D eigenvalue weighted by atomic mass is 79.9. The fourth-order valence-electron chi connectivity index (χ4n) is 3.52. The zero-order chi connectivity index (χ0) is 23.3. The van der Waals surface area contributed by atoms with Crippen LogP contribution in [-0.4, -0.2) is 64.9 Å². The minimum absolute atomic E-state index is 0.0624. The van der Waals surface area contributed by atoms with Gasteiger partial charge in [-0.1, -0.05) is 34.1 Å². The number of phenolic OH excluding ortho intramolecular Hbond substituents is 1. The van der Waals surface area contributed by atoms with Gasteiger partial charge in [0.1, 0.15) is 5.76 Å². The average molecular weight is 506 g/mol. The molecule has 3 rings (SSSR count). The lowest BCUT2D eigenvalue weighted by Gasteiger charge is -2.25. The summed E-state index contributed by atoms with van der Waals surface area (Å²) < 4.78 is 11.5. The summed E-state index contributed by atoms with van der Waals surface area (Å²) in [6, 6.07) is 10.3. The van der Waals surface area contributed by atoms with Crippen molar-refractivity contribution in [2.75, 3.05) is 33.0 Å². The minimum Gasteiger partial charge on any atom is -0.507 e. The Balaban J connectivity index is 2.10. The van der Waals surface area contributed by atoms with Crippen LogP contribution in [0.1, 0.15) is 24.1 Å². The van der Waals surface area contributed by atoms with Crippen molar-refractivity contribution in [3.05, 3.63) is 63.6 Å². The highest BCUT2D eigenvalue weighted by molar-refractivity contribution is 9.10. The minimum atomic E-state index is -0.906. The van der Waals surface area contributed by atoms with Crippen molar-refractivity contribution in [3.63, 3.8) is 0 Å². The van der Waals surface area contributed by atoms with Gasteiger partial charge in [-0.25, -0.2) is 0 Å². The van der Waals surface area contributed by atoms with Crippen LogP contribution in [0, 0.1) is 0 Å². The number of ketones is 1. The Morgan fingerprint density at radius 2 is 1.84 bits per heavy atom. The van der Waals surface area contributed by atoms with E-state index >= 15 is 0 Å². The molecule has 0 radical (unpaired) electrons. The molecule has 0 bridgehead atoms. The molecule has 0 saturated carbocycles. The predicted molar refractivity (Wildman–Crippen MR) is 120 cm³/mol. The first kappa shape index (κ1) is 23.8. The Labute approximate surface area is 193 Å². The number of phenols is 1. The summed E-state index contributed by atoms with van der Waals surface area (Å²) in [6.45, 7) is 2.17. The second-order valence-electron chi connectivity index (χ2n) is 7.00. The number of rotatable bonds is 9. The van der Waals surface area contributed by atoms with Crippen LogP contribution >= 0.6 is 15.9 Å². The third kappa shape index (κ3) is 4.95. The molecule has 1 aliphatic rings. The number of hydrogen-bond acceptors (Lipinski definition) is 7. The molecule has 1 aliphatic heterocycles. The number of ether oxygens (including phenoxy) is 2. The van der Waals surface area contributed by atoms with E-state index in [1.165, 1.54) is 11.0 Å². The second-order valence-corrected chi connectivity index (χ2v) is 7.91. The maximum atomic E-state index is 13.0. The lowest BCUT2D eigenvalue weighted by molar-refractivity contribution is -0.140. The zero-order valence-electron chi connectivity index (χ0n) is 17.5. The number of aliphatic hydroxyl groups excluding tert-OH is 2. The van der Waals surface area contributed by atoms with Gasteiger partial charge in [0, 0.05) is 16.6 Å². The molecule has 9 heteroatoms. The lowest BCUT2D eigenvalue weighted by atomic mass is 9.95. The van der Waals surface area contributed by atoms with Crippen molar-refractivity contribution >= 4 is 33.4 Å². The molecule has 1 saturated heterocycles. The van der Waals surface area contributed by atoms with Gasteiger partial charge in [0.05, 0.1) is 38.0 Å². The number of likely N-dealkylation sites (tertiary alicyclic amines) is 1. The molecule has 1 amide bonds. The predicted octanol–water partition coefficient (Wildman–Crippen LogP) is 2.98. The number of aromatic hydroxyl groups is 1. The van der Waals surface area contributed by atoms with Crippen LogP contribution < -0.4 is 4.74 Å². The zero-order valence-corrected chi connectivity index (χ0v) is 19.0.